The van der Waals surface area contributed by atoms with Crippen molar-refractivity contribution in [2.45, 2.75) is 25.6 Å². The van der Waals surface area contributed by atoms with E-state index in [1.54, 1.807) is 6.92 Å². The van der Waals surface area contributed by atoms with E-state index in [-0.39, 0.29) is 37.0 Å². The van der Waals surface area contributed by atoms with Gasteiger partial charge in [0.25, 0.3) is 0 Å². The lowest BCUT2D eigenvalue weighted by Gasteiger charge is -2.39. The van der Waals surface area contributed by atoms with Crippen LogP contribution in [0.15, 0.2) is 54.6 Å². The van der Waals surface area contributed by atoms with Gasteiger partial charge in [0.15, 0.2) is 0 Å². The van der Waals surface area contributed by atoms with Gasteiger partial charge in [-0.2, -0.15) is 13.2 Å². The van der Waals surface area contributed by atoms with Crippen LogP contribution >= 0.6 is 0 Å². The number of carbonyl (C=O) groups is 2. The Bertz CT molecular complexity index is 837. The van der Waals surface area contributed by atoms with Gasteiger partial charge in [0.1, 0.15) is 6.04 Å². The van der Waals surface area contributed by atoms with Gasteiger partial charge in [-0.05, 0) is 30.7 Å². The summed E-state index contributed by atoms with van der Waals surface area (Å²) in [6.45, 7) is 2.03. The largest absolute Gasteiger partial charge is 0.416 e. The van der Waals surface area contributed by atoms with Gasteiger partial charge in [-0.25, -0.2) is 0 Å². The van der Waals surface area contributed by atoms with Gasteiger partial charge < -0.3 is 9.80 Å². The minimum atomic E-state index is -4.47. The van der Waals surface area contributed by atoms with Gasteiger partial charge >= 0.3 is 6.18 Å². The molecule has 4 nitrogen and oxygen atoms in total. The number of rotatable bonds is 3. The third-order valence-electron chi connectivity index (χ3n) is 4.66. The smallest absolute Gasteiger partial charge is 0.329 e. The predicted molar refractivity (Wildman–Crippen MR) is 95.1 cm³/mol. The summed E-state index contributed by atoms with van der Waals surface area (Å²) in [4.78, 5) is 28.1. The number of benzene rings is 2. The highest BCUT2D eigenvalue weighted by atomic mass is 19.4. The van der Waals surface area contributed by atoms with Crippen molar-refractivity contribution < 1.29 is 22.8 Å². The maximum Gasteiger partial charge on any atom is 0.416 e. The number of piperazine rings is 1. The quantitative estimate of drug-likeness (QED) is 0.823. The highest BCUT2D eigenvalue weighted by Gasteiger charge is 2.36. The summed E-state index contributed by atoms with van der Waals surface area (Å²) in [5, 5.41) is 0. The van der Waals surface area contributed by atoms with Crippen LogP contribution < -0.4 is 4.90 Å². The Morgan fingerprint density at radius 2 is 1.78 bits per heavy atom. The number of halogens is 3. The third kappa shape index (κ3) is 4.13. The van der Waals surface area contributed by atoms with Gasteiger partial charge in [0, 0.05) is 18.8 Å². The number of anilines is 1. The SMILES string of the molecule is CC1C(=O)N(c2cccc(C(F)(F)F)c2)CCN1C(=O)Cc1ccccc1. The molecule has 1 fully saturated rings. The average Bonchev–Trinajstić information content (AvgIpc) is 2.64. The molecule has 1 atom stereocenters. The van der Waals surface area contributed by atoms with Gasteiger partial charge in [-0.15, -0.1) is 0 Å². The van der Waals surface area contributed by atoms with Crippen LogP contribution in [0.25, 0.3) is 0 Å². The van der Waals surface area contributed by atoms with Crippen molar-refractivity contribution >= 4 is 17.5 Å². The second-order valence-electron chi connectivity index (χ2n) is 6.46. The summed E-state index contributed by atoms with van der Waals surface area (Å²) in [6.07, 6.45) is -4.29. The Balaban J connectivity index is 1.74. The zero-order valence-corrected chi connectivity index (χ0v) is 14.7. The lowest BCUT2D eigenvalue weighted by atomic mass is 10.1. The first kappa shape index (κ1) is 18.9. The second kappa shape index (κ2) is 7.42. The molecule has 1 aliphatic rings. The van der Waals surface area contributed by atoms with Crippen LogP contribution in [0.4, 0.5) is 18.9 Å². The van der Waals surface area contributed by atoms with Crippen LogP contribution in [0, 0.1) is 0 Å². The third-order valence-corrected chi connectivity index (χ3v) is 4.66. The monoisotopic (exact) mass is 376 g/mol. The van der Waals surface area contributed by atoms with Crippen molar-refractivity contribution in [1.29, 1.82) is 0 Å². The first-order chi connectivity index (χ1) is 12.8. The molecule has 0 bridgehead atoms. The van der Waals surface area contributed by atoms with E-state index in [0.29, 0.717) is 0 Å². The minimum Gasteiger partial charge on any atom is -0.329 e. The summed E-state index contributed by atoms with van der Waals surface area (Å²) in [5.74, 6) is -0.562. The van der Waals surface area contributed by atoms with Crippen LogP contribution in [0.2, 0.25) is 0 Å². The van der Waals surface area contributed by atoms with Crippen molar-refractivity contribution in [2.24, 2.45) is 0 Å². The van der Waals surface area contributed by atoms with Crippen molar-refractivity contribution in [2.75, 3.05) is 18.0 Å². The highest BCUT2D eigenvalue weighted by molar-refractivity contribution is 6.00. The summed E-state index contributed by atoms with van der Waals surface area (Å²) >= 11 is 0. The van der Waals surface area contributed by atoms with Gasteiger partial charge in [-0.1, -0.05) is 36.4 Å². The molecule has 7 heteroatoms. The zero-order chi connectivity index (χ0) is 19.6. The molecule has 0 radical (unpaired) electrons. The van der Waals surface area contributed by atoms with Crippen LogP contribution in [-0.2, 0) is 22.2 Å². The topological polar surface area (TPSA) is 40.6 Å². The van der Waals surface area contributed by atoms with Crippen LogP contribution in [0.5, 0.6) is 0 Å². The Labute approximate surface area is 155 Å². The standard InChI is InChI=1S/C20H19F3N2O2/c1-14-19(27)25(17-9-5-8-16(13-17)20(21,22)23)11-10-24(14)18(26)12-15-6-3-2-4-7-15/h2-9,13-14H,10-12H2,1H3. The van der Waals surface area contributed by atoms with E-state index in [9.17, 15) is 22.8 Å². The average molecular weight is 376 g/mol. The van der Waals surface area contributed by atoms with Crippen molar-refractivity contribution in [3.05, 3.63) is 65.7 Å². The van der Waals surface area contributed by atoms with E-state index in [4.69, 9.17) is 0 Å². The molecule has 27 heavy (non-hydrogen) atoms. The lowest BCUT2D eigenvalue weighted by Crippen LogP contribution is -2.58. The van der Waals surface area contributed by atoms with Crippen LogP contribution in [-0.4, -0.2) is 35.8 Å². The fourth-order valence-electron chi connectivity index (χ4n) is 3.19. The Morgan fingerprint density at radius 1 is 1.07 bits per heavy atom. The predicted octanol–water partition coefficient (Wildman–Crippen LogP) is 3.51. The molecular formula is C20H19F3N2O2. The molecule has 0 spiro atoms. The maximum atomic E-state index is 12.9. The molecule has 3 rings (SSSR count). The Morgan fingerprint density at radius 3 is 2.44 bits per heavy atom. The van der Waals surface area contributed by atoms with Gasteiger partial charge in [0.2, 0.25) is 11.8 Å². The summed E-state index contributed by atoms with van der Waals surface area (Å²) in [6, 6.07) is 13.2. The van der Waals surface area contributed by atoms with Crippen molar-refractivity contribution in [3.8, 4) is 0 Å². The molecule has 1 aliphatic heterocycles. The zero-order valence-electron chi connectivity index (χ0n) is 14.7. The second-order valence-corrected chi connectivity index (χ2v) is 6.46. The molecule has 1 unspecified atom stereocenters. The number of hydrogen-bond acceptors (Lipinski definition) is 2. The molecule has 2 aromatic rings. The molecule has 142 valence electrons. The number of carbonyl (C=O) groups excluding carboxylic acids is 2. The number of nitrogens with zero attached hydrogens (tertiary/aromatic N) is 2. The Hall–Kier alpha value is -2.83. The molecule has 0 aromatic heterocycles. The molecule has 2 aromatic carbocycles. The molecule has 0 N–H and O–H groups in total. The molecule has 1 heterocycles. The first-order valence-electron chi connectivity index (χ1n) is 8.59. The molecule has 2 amide bonds. The fourth-order valence-corrected chi connectivity index (χ4v) is 3.19. The van der Waals surface area contributed by atoms with E-state index in [2.05, 4.69) is 0 Å². The van der Waals surface area contributed by atoms with Crippen molar-refractivity contribution in [1.82, 2.24) is 4.90 Å². The van der Waals surface area contributed by atoms with E-state index in [1.165, 1.54) is 21.9 Å². The number of alkyl halides is 3. The van der Waals surface area contributed by atoms with Gasteiger partial charge in [-0.3, -0.25) is 9.59 Å². The van der Waals surface area contributed by atoms with Crippen molar-refractivity contribution in [3.63, 3.8) is 0 Å². The van der Waals surface area contributed by atoms with E-state index in [1.807, 2.05) is 30.3 Å². The first-order valence-corrected chi connectivity index (χ1v) is 8.59. The Kier molecular flexibility index (Phi) is 5.21. The van der Waals surface area contributed by atoms with E-state index >= 15 is 0 Å². The number of amides is 2. The minimum absolute atomic E-state index is 0.158. The fraction of sp³-hybridized carbons (Fsp3) is 0.300. The normalized spacial score (nSPS) is 17.9. The molecule has 0 aliphatic carbocycles. The van der Waals surface area contributed by atoms with E-state index in [0.717, 1.165) is 17.7 Å². The van der Waals surface area contributed by atoms with E-state index < -0.39 is 17.8 Å². The molecule has 1 saturated heterocycles. The summed E-state index contributed by atoms with van der Waals surface area (Å²) in [5.41, 5.74) is 0.238. The van der Waals surface area contributed by atoms with Crippen LogP contribution in [0.1, 0.15) is 18.1 Å². The van der Waals surface area contributed by atoms with Crippen LogP contribution in [0.3, 0.4) is 0 Å². The van der Waals surface area contributed by atoms with Gasteiger partial charge in [0.05, 0.1) is 12.0 Å². The lowest BCUT2D eigenvalue weighted by molar-refractivity contribution is -0.140. The molecular weight excluding hydrogens is 357 g/mol. The molecule has 0 saturated carbocycles. The highest BCUT2D eigenvalue weighted by Crippen LogP contribution is 2.32. The number of hydrogen-bond donors (Lipinski definition) is 0. The summed E-state index contributed by atoms with van der Waals surface area (Å²) in [7, 11) is 0. The maximum absolute atomic E-state index is 12.9. The summed E-state index contributed by atoms with van der Waals surface area (Å²) < 4.78 is 38.8.